The molecule has 0 radical (unpaired) electrons. The second kappa shape index (κ2) is 5.82. The first-order valence-electron chi connectivity index (χ1n) is 5.77. The Kier molecular flexibility index (Phi) is 4.15. The summed E-state index contributed by atoms with van der Waals surface area (Å²) in [4.78, 5) is 8.12. The van der Waals surface area contributed by atoms with Gasteiger partial charge in [0.15, 0.2) is 16.7 Å². The van der Waals surface area contributed by atoms with Gasteiger partial charge in [-0.15, -0.1) is 0 Å². The van der Waals surface area contributed by atoms with E-state index in [9.17, 15) is 0 Å². The van der Waals surface area contributed by atoms with Crippen LogP contribution >= 0.6 is 11.6 Å². The number of ether oxygens (including phenoxy) is 1. The molecule has 0 N–H and O–H groups in total. The zero-order valence-corrected chi connectivity index (χ0v) is 11.1. The summed E-state index contributed by atoms with van der Waals surface area (Å²) in [6.45, 7) is 5.41. The fraction of sp³-hybridized carbons (Fsp3) is 0.417. The third-order valence-corrected chi connectivity index (χ3v) is 2.60. The Hall–Kier alpha value is -1.62. The molecule has 0 bridgehead atoms. The molecule has 0 unspecified atom stereocenters. The predicted molar refractivity (Wildman–Crippen MR) is 68.4 cm³/mol. The molecule has 0 aromatic carbocycles. The van der Waals surface area contributed by atoms with Crippen molar-refractivity contribution in [3.63, 3.8) is 0 Å². The van der Waals surface area contributed by atoms with Crippen molar-refractivity contribution < 1.29 is 4.74 Å². The first-order chi connectivity index (χ1) is 8.66. The lowest BCUT2D eigenvalue weighted by molar-refractivity contribution is 0.282. The third kappa shape index (κ3) is 3.20. The molecule has 2 aromatic rings. The summed E-state index contributed by atoms with van der Waals surface area (Å²) in [6, 6.07) is 3.55. The van der Waals surface area contributed by atoms with Crippen molar-refractivity contribution in [1.82, 2.24) is 19.7 Å². The van der Waals surface area contributed by atoms with Crippen molar-refractivity contribution in [3.8, 4) is 5.75 Å². The molecular weight excluding hydrogens is 252 g/mol. The molecule has 0 aliphatic carbocycles. The highest BCUT2D eigenvalue weighted by atomic mass is 35.5. The van der Waals surface area contributed by atoms with E-state index in [4.69, 9.17) is 16.3 Å². The van der Waals surface area contributed by atoms with Crippen molar-refractivity contribution in [1.29, 1.82) is 0 Å². The topological polar surface area (TPSA) is 52.8 Å². The molecule has 5 nitrogen and oxygen atoms in total. The lowest BCUT2D eigenvalue weighted by Crippen LogP contribution is -2.12. The Bertz CT molecular complexity index is 512. The number of hydrogen-bond acceptors (Lipinski definition) is 4. The fourth-order valence-corrected chi connectivity index (χ4v) is 1.69. The van der Waals surface area contributed by atoms with E-state index in [-0.39, 0.29) is 0 Å². The maximum absolute atomic E-state index is 5.91. The minimum Gasteiger partial charge on any atom is -0.482 e. The monoisotopic (exact) mass is 266 g/mol. The summed E-state index contributed by atoms with van der Waals surface area (Å²) in [5.74, 6) is 1.84. The van der Waals surface area contributed by atoms with Gasteiger partial charge < -0.3 is 4.74 Å². The molecule has 2 aromatic heterocycles. The van der Waals surface area contributed by atoms with Gasteiger partial charge in [0.25, 0.3) is 0 Å². The third-order valence-electron chi connectivity index (χ3n) is 2.32. The highest BCUT2D eigenvalue weighted by molar-refractivity contribution is 6.30. The summed E-state index contributed by atoms with van der Waals surface area (Å²) in [6.07, 6.45) is 3.16. The van der Waals surface area contributed by atoms with Crippen LogP contribution in [0.4, 0.5) is 0 Å². The molecule has 0 amide bonds. The van der Waals surface area contributed by atoms with Crippen LogP contribution in [0.25, 0.3) is 0 Å². The standard InChI is InChI=1S/C12H15ClN4O/c1-9(2)6-17-11(15-8-16-17)7-18-10-4-3-5-14-12(10)13/h3-5,8-9H,6-7H2,1-2H3. The first-order valence-corrected chi connectivity index (χ1v) is 6.14. The van der Waals surface area contributed by atoms with Gasteiger partial charge in [-0.2, -0.15) is 5.10 Å². The van der Waals surface area contributed by atoms with Gasteiger partial charge >= 0.3 is 0 Å². The van der Waals surface area contributed by atoms with Crippen LogP contribution in [0.2, 0.25) is 5.15 Å². The van der Waals surface area contributed by atoms with E-state index in [2.05, 4.69) is 28.9 Å². The van der Waals surface area contributed by atoms with Gasteiger partial charge in [-0.05, 0) is 18.1 Å². The fourth-order valence-electron chi connectivity index (χ4n) is 1.52. The SMILES string of the molecule is CC(C)Cn1ncnc1COc1cccnc1Cl. The Morgan fingerprint density at radius 2 is 2.22 bits per heavy atom. The van der Waals surface area contributed by atoms with Gasteiger partial charge in [0.05, 0.1) is 0 Å². The van der Waals surface area contributed by atoms with E-state index in [1.807, 2.05) is 4.68 Å². The lowest BCUT2D eigenvalue weighted by atomic mass is 10.2. The maximum atomic E-state index is 5.91. The summed E-state index contributed by atoms with van der Waals surface area (Å²) < 4.78 is 7.43. The number of rotatable bonds is 5. The molecule has 0 atom stereocenters. The Morgan fingerprint density at radius 3 is 2.94 bits per heavy atom. The molecule has 96 valence electrons. The molecule has 0 fully saturated rings. The van der Waals surface area contributed by atoms with Gasteiger partial charge in [-0.3, -0.25) is 0 Å². The van der Waals surface area contributed by atoms with Crippen LogP contribution in [0.15, 0.2) is 24.7 Å². The van der Waals surface area contributed by atoms with Crippen LogP contribution in [0.1, 0.15) is 19.7 Å². The van der Waals surface area contributed by atoms with E-state index in [1.54, 1.807) is 18.3 Å². The van der Waals surface area contributed by atoms with E-state index in [0.717, 1.165) is 12.4 Å². The summed E-state index contributed by atoms with van der Waals surface area (Å²) >= 11 is 5.91. The highest BCUT2D eigenvalue weighted by Gasteiger charge is 2.08. The molecule has 18 heavy (non-hydrogen) atoms. The van der Waals surface area contributed by atoms with Crippen LogP contribution < -0.4 is 4.74 Å². The first kappa shape index (κ1) is 12.8. The van der Waals surface area contributed by atoms with E-state index in [1.165, 1.54) is 6.33 Å². The molecule has 0 saturated carbocycles. The molecule has 0 aliphatic rings. The van der Waals surface area contributed by atoms with Crippen LogP contribution in [-0.2, 0) is 13.2 Å². The summed E-state index contributed by atoms with van der Waals surface area (Å²) in [5.41, 5.74) is 0. The van der Waals surface area contributed by atoms with Gasteiger partial charge in [0.2, 0.25) is 0 Å². The molecular formula is C12H15ClN4O. The largest absolute Gasteiger partial charge is 0.482 e. The van der Waals surface area contributed by atoms with E-state index < -0.39 is 0 Å². The second-order valence-corrected chi connectivity index (χ2v) is 4.69. The average Bonchev–Trinajstić information content (AvgIpc) is 2.75. The number of aromatic nitrogens is 4. The van der Waals surface area contributed by atoms with E-state index >= 15 is 0 Å². The van der Waals surface area contributed by atoms with Crippen LogP contribution in [0, 0.1) is 5.92 Å². The second-order valence-electron chi connectivity index (χ2n) is 4.33. The minimum atomic E-state index is 0.331. The zero-order chi connectivity index (χ0) is 13.0. The van der Waals surface area contributed by atoms with Crippen molar-refractivity contribution in [3.05, 3.63) is 35.6 Å². The number of halogens is 1. The van der Waals surface area contributed by atoms with Crippen molar-refractivity contribution >= 4 is 11.6 Å². The number of hydrogen-bond donors (Lipinski definition) is 0. The van der Waals surface area contributed by atoms with Crippen LogP contribution in [0.3, 0.4) is 0 Å². The van der Waals surface area contributed by atoms with Gasteiger partial charge in [0.1, 0.15) is 12.9 Å². The Balaban J connectivity index is 2.02. The van der Waals surface area contributed by atoms with Crippen molar-refractivity contribution in [2.75, 3.05) is 0 Å². The molecule has 2 heterocycles. The van der Waals surface area contributed by atoms with Crippen LogP contribution in [-0.4, -0.2) is 19.7 Å². The number of nitrogens with zero attached hydrogens (tertiary/aromatic N) is 4. The molecule has 0 spiro atoms. The Labute approximate surface area is 111 Å². The molecule has 0 aliphatic heterocycles. The summed E-state index contributed by atoms with van der Waals surface area (Å²) in [7, 11) is 0. The average molecular weight is 267 g/mol. The van der Waals surface area contributed by atoms with Crippen LogP contribution in [0.5, 0.6) is 5.75 Å². The molecule has 2 rings (SSSR count). The van der Waals surface area contributed by atoms with Gasteiger partial charge in [0, 0.05) is 12.7 Å². The van der Waals surface area contributed by atoms with E-state index in [0.29, 0.717) is 23.4 Å². The highest BCUT2D eigenvalue weighted by Crippen LogP contribution is 2.21. The Morgan fingerprint density at radius 1 is 1.39 bits per heavy atom. The quantitative estimate of drug-likeness (QED) is 0.781. The zero-order valence-electron chi connectivity index (χ0n) is 10.4. The normalized spacial score (nSPS) is 10.9. The molecule has 6 heteroatoms. The predicted octanol–water partition coefficient (Wildman–Crippen LogP) is 2.56. The smallest absolute Gasteiger partial charge is 0.171 e. The number of pyridine rings is 1. The van der Waals surface area contributed by atoms with Crippen molar-refractivity contribution in [2.24, 2.45) is 5.92 Å². The lowest BCUT2D eigenvalue weighted by Gasteiger charge is -2.10. The van der Waals surface area contributed by atoms with Gasteiger partial charge in [-0.1, -0.05) is 25.4 Å². The summed E-state index contributed by atoms with van der Waals surface area (Å²) in [5, 5.41) is 4.52. The minimum absolute atomic E-state index is 0.331. The maximum Gasteiger partial charge on any atom is 0.171 e. The van der Waals surface area contributed by atoms with Gasteiger partial charge in [-0.25, -0.2) is 14.6 Å². The van der Waals surface area contributed by atoms with Crippen molar-refractivity contribution in [2.45, 2.75) is 27.0 Å². The molecule has 0 saturated heterocycles.